The fourth-order valence-corrected chi connectivity index (χ4v) is 6.01. The molecule has 11 heteroatoms. The number of rotatable bonds is 15. The van der Waals surface area contributed by atoms with Crippen LogP contribution in [0.1, 0.15) is 95.5 Å². The van der Waals surface area contributed by atoms with E-state index in [1.165, 1.54) is 4.90 Å². The Balaban J connectivity index is 1.58. The lowest BCUT2D eigenvalue weighted by atomic mass is 9.85. The first kappa shape index (κ1) is 36.0. The number of carbonyl (C=O) groups excluding carboxylic acids is 3. The molecule has 11 nitrogen and oxygen atoms in total. The molecule has 2 aliphatic rings. The van der Waals surface area contributed by atoms with E-state index < -0.39 is 29.8 Å². The van der Waals surface area contributed by atoms with Crippen molar-refractivity contribution in [3.63, 3.8) is 0 Å². The van der Waals surface area contributed by atoms with Crippen molar-refractivity contribution in [2.45, 2.75) is 110 Å². The maximum Gasteiger partial charge on any atom is 0.327 e. The van der Waals surface area contributed by atoms with Gasteiger partial charge in [0.15, 0.2) is 0 Å². The number of nitrogens with one attached hydrogen (secondary N) is 3. The SMILES string of the molecule is CCCCC/C=C\[C@@](CC)(NC(O)[C@@H]1CCCN1C(=O)CNC(=O)N[C@H](CN1CCc2ccccc2C1=O)C(C)(C)C)C(=O)O. The van der Waals surface area contributed by atoms with E-state index in [0.717, 1.165) is 37.7 Å². The van der Waals surface area contributed by atoms with Gasteiger partial charge in [-0.15, -0.1) is 0 Å². The zero-order valence-electron chi connectivity index (χ0n) is 27.6. The van der Waals surface area contributed by atoms with Crippen LogP contribution in [0.2, 0.25) is 0 Å². The Morgan fingerprint density at radius 1 is 1.11 bits per heavy atom. The van der Waals surface area contributed by atoms with Gasteiger partial charge in [0.2, 0.25) is 5.91 Å². The summed E-state index contributed by atoms with van der Waals surface area (Å²) in [4.78, 5) is 54.9. The molecule has 45 heavy (non-hydrogen) atoms. The van der Waals surface area contributed by atoms with E-state index in [1.807, 2.05) is 51.1 Å². The standard InChI is InChI=1S/C34H53N5O6/c1-6-8-9-10-13-19-34(7-2,31(43)44)37-29(41)26-17-14-20-39(26)28(40)22-35-32(45)36-27(33(3,4)5)23-38-21-18-24-15-11-12-16-25(24)30(38)42/h11-13,15-16,19,26-27,29,37,41H,6-10,14,17-18,20-23H2,1-5H3,(H,43,44)(H2,35,36,45)/b19-13-/t26-,27+,29?,34+/m0/s1. The predicted octanol–water partition coefficient (Wildman–Crippen LogP) is 3.67. The Morgan fingerprint density at radius 3 is 2.51 bits per heavy atom. The minimum absolute atomic E-state index is 0.0577. The molecule has 5 N–H and O–H groups in total. The number of amides is 4. The number of benzene rings is 1. The molecule has 1 aromatic carbocycles. The topological polar surface area (TPSA) is 151 Å². The Morgan fingerprint density at radius 2 is 1.84 bits per heavy atom. The molecule has 1 fully saturated rings. The molecule has 4 atom stereocenters. The van der Waals surface area contributed by atoms with E-state index in [4.69, 9.17) is 0 Å². The molecular formula is C34H53N5O6. The third-order valence-corrected chi connectivity index (χ3v) is 9.05. The van der Waals surface area contributed by atoms with Crippen molar-refractivity contribution in [1.82, 2.24) is 25.8 Å². The van der Waals surface area contributed by atoms with Crippen molar-refractivity contribution < 1.29 is 29.4 Å². The molecule has 0 radical (unpaired) electrons. The Bertz CT molecular complexity index is 1210. The lowest BCUT2D eigenvalue weighted by Crippen LogP contribution is -2.60. The minimum Gasteiger partial charge on any atom is -0.480 e. The average molecular weight is 628 g/mol. The summed E-state index contributed by atoms with van der Waals surface area (Å²) >= 11 is 0. The first-order chi connectivity index (χ1) is 21.3. The molecule has 0 aliphatic carbocycles. The van der Waals surface area contributed by atoms with Gasteiger partial charge in [-0.3, -0.25) is 14.9 Å². The highest BCUT2D eigenvalue weighted by Crippen LogP contribution is 2.25. The maximum absolute atomic E-state index is 13.2. The van der Waals surface area contributed by atoms with Gasteiger partial charge in [0.1, 0.15) is 11.8 Å². The molecule has 0 bridgehead atoms. The van der Waals surface area contributed by atoms with Crippen molar-refractivity contribution in [2.75, 3.05) is 26.2 Å². The Labute approximate surface area is 267 Å². The van der Waals surface area contributed by atoms with Gasteiger partial charge in [0.05, 0.1) is 18.6 Å². The first-order valence-corrected chi connectivity index (χ1v) is 16.4. The molecule has 4 amide bonds. The summed E-state index contributed by atoms with van der Waals surface area (Å²) < 4.78 is 0. The molecule has 0 spiro atoms. The number of carbonyl (C=O) groups is 4. The number of aliphatic carboxylic acids is 1. The van der Waals surface area contributed by atoms with Crippen LogP contribution in [0.25, 0.3) is 0 Å². The van der Waals surface area contributed by atoms with E-state index in [9.17, 15) is 29.4 Å². The van der Waals surface area contributed by atoms with Crippen molar-refractivity contribution >= 4 is 23.8 Å². The monoisotopic (exact) mass is 627 g/mol. The second-order valence-corrected chi connectivity index (χ2v) is 13.3. The molecule has 1 aromatic rings. The fraction of sp³-hybridized carbons (Fsp3) is 0.647. The summed E-state index contributed by atoms with van der Waals surface area (Å²) in [7, 11) is 0. The van der Waals surface area contributed by atoms with Crippen LogP contribution in [0.3, 0.4) is 0 Å². The largest absolute Gasteiger partial charge is 0.480 e. The molecule has 2 heterocycles. The van der Waals surface area contributed by atoms with Crippen molar-refractivity contribution in [3.05, 3.63) is 47.5 Å². The van der Waals surface area contributed by atoms with Crippen LogP contribution >= 0.6 is 0 Å². The molecule has 1 unspecified atom stereocenters. The van der Waals surface area contributed by atoms with Crippen LogP contribution in [0.5, 0.6) is 0 Å². The number of urea groups is 1. The molecule has 3 rings (SSSR count). The van der Waals surface area contributed by atoms with Crippen LogP contribution in [0.4, 0.5) is 4.79 Å². The summed E-state index contributed by atoms with van der Waals surface area (Å²) in [6.45, 7) is 10.8. The second-order valence-electron chi connectivity index (χ2n) is 13.3. The zero-order chi connectivity index (χ0) is 33.2. The normalized spacial score (nSPS) is 19.6. The summed E-state index contributed by atoms with van der Waals surface area (Å²) in [5.41, 5.74) is -0.112. The van der Waals surface area contributed by atoms with Gasteiger partial charge in [-0.05, 0) is 55.6 Å². The lowest BCUT2D eigenvalue weighted by Gasteiger charge is -2.38. The highest BCUT2D eigenvalue weighted by molar-refractivity contribution is 5.96. The number of aliphatic hydroxyl groups is 1. The number of unbranched alkanes of at least 4 members (excludes halogenated alkanes) is 3. The van der Waals surface area contributed by atoms with Crippen molar-refractivity contribution in [1.29, 1.82) is 0 Å². The molecule has 1 saturated heterocycles. The fourth-order valence-electron chi connectivity index (χ4n) is 6.01. The van der Waals surface area contributed by atoms with Gasteiger partial charge in [-0.2, -0.15) is 0 Å². The van der Waals surface area contributed by atoms with Crippen LogP contribution in [0.15, 0.2) is 36.4 Å². The van der Waals surface area contributed by atoms with Crippen LogP contribution in [-0.4, -0.2) is 93.9 Å². The minimum atomic E-state index is -1.46. The Kier molecular flexibility index (Phi) is 13.0. The number of carboxylic acid groups (broad SMARTS) is 1. The van der Waals surface area contributed by atoms with Gasteiger partial charge in [-0.1, -0.05) is 77.8 Å². The number of hydrogen-bond acceptors (Lipinski definition) is 6. The smallest absolute Gasteiger partial charge is 0.327 e. The molecule has 2 aliphatic heterocycles. The summed E-state index contributed by atoms with van der Waals surface area (Å²) in [6.07, 6.45) is 8.15. The van der Waals surface area contributed by atoms with E-state index in [2.05, 4.69) is 22.9 Å². The quantitative estimate of drug-likeness (QED) is 0.113. The van der Waals surface area contributed by atoms with E-state index >= 15 is 0 Å². The average Bonchev–Trinajstić information content (AvgIpc) is 3.50. The summed E-state index contributed by atoms with van der Waals surface area (Å²) in [5.74, 6) is -1.51. The van der Waals surface area contributed by atoms with Gasteiger partial charge in [0, 0.05) is 25.2 Å². The molecule has 0 aromatic heterocycles. The summed E-state index contributed by atoms with van der Waals surface area (Å²) in [6, 6.07) is 6.05. The molecule has 250 valence electrons. The third kappa shape index (κ3) is 9.53. The number of allylic oxidation sites excluding steroid dienone is 1. The van der Waals surface area contributed by atoms with E-state index in [0.29, 0.717) is 38.0 Å². The molecule has 0 saturated carbocycles. The van der Waals surface area contributed by atoms with E-state index in [1.54, 1.807) is 17.9 Å². The number of fused-ring (bicyclic) bond motifs is 1. The Hall–Kier alpha value is -3.44. The second kappa shape index (κ2) is 16.2. The number of aliphatic hydroxyl groups excluding tert-OH is 1. The van der Waals surface area contributed by atoms with Gasteiger partial charge < -0.3 is 30.6 Å². The number of nitrogens with zero attached hydrogens (tertiary/aromatic N) is 2. The van der Waals surface area contributed by atoms with Crippen LogP contribution < -0.4 is 16.0 Å². The van der Waals surface area contributed by atoms with Crippen LogP contribution in [-0.2, 0) is 16.0 Å². The maximum atomic E-state index is 13.2. The van der Waals surface area contributed by atoms with Gasteiger partial charge in [-0.25, -0.2) is 9.59 Å². The van der Waals surface area contributed by atoms with Crippen molar-refractivity contribution in [3.8, 4) is 0 Å². The van der Waals surface area contributed by atoms with Gasteiger partial charge >= 0.3 is 12.0 Å². The highest BCUT2D eigenvalue weighted by Gasteiger charge is 2.41. The predicted molar refractivity (Wildman–Crippen MR) is 174 cm³/mol. The van der Waals surface area contributed by atoms with Crippen LogP contribution in [0, 0.1) is 5.41 Å². The highest BCUT2D eigenvalue weighted by atomic mass is 16.4. The number of carboxylic acids is 1. The third-order valence-electron chi connectivity index (χ3n) is 9.05. The number of hydrogen-bond donors (Lipinski definition) is 5. The first-order valence-electron chi connectivity index (χ1n) is 16.4. The van der Waals surface area contributed by atoms with Gasteiger partial charge in [0.25, 0.3) is 5.91 Å². The summed E-state index contributed by atoms with van der Waals surface area (Å²) in [5, 5.41) is 29.7. The van der Waals surface area contributed by atoms with Crippen molar-refractivity contribution in [2.24, 2.45) is 5.41 Å². The molecular weight excluding hydrogens is 574 g/mol. The lowest BCUT2D eigenvalue weighted by molar-refractivity contribution is -0.145. The zero-order valence-corrected chi connectivity index (χ0v) is 27.6. The van der Waals surface area contributed by atoms with E-state index in [-0.39, 0.29) is 36.2 Å². The number of likely N-dealkylation sites (tertiary alicyclic amines) is 1.